The van der Waals surface area contributed by atoms with Crippen molar-refractivity contribution in [3.8, 4) is 0 Å². The zero-order valence-electron chi connectivity index (χ0n) is 8.80. The molecule has 1 aliphatic carbocycles. The number of benzene rings is 1. The summed E-state index contributed by atoms with van der Waals surface area (Å²) in [4.78, 5) is 0. The Hall–Kier alpha value is -1.48. The summed E-state index contributed by atoms with van der Waals surface area (Å²) >= 11 is 5.89. The summed E-state index contributed by atoms with van der Waals surface area (Å²) in [6, 6.07) is 4.55. The van der Waals surface area contributed by atoms with Crippen LogP contribution in [0.5, 0.6) is 0 Å². The molecule has 1 aromatic carbocycles. The summed E-state index contributed by atoms with van der Waals surface area (Å²) in [5.74, 6) is -0.263. The van der Waals surface area contributed by atoms with E-state index in [4.69, 9.17) is 11.6 Å². The molecule has 1 aliphatic rings. The molecule has 1 aromatic rings. The molecule has 0 amide bonds. The Morgan fingerprint density at radius 3 is 2.75 bits per heavy atom. The molecular formula is C12H12ClFN2. The highest BCUT2D eigenvalue weighted by Gasteiger charge is 2.08. The lowest BCUT2D eigenvalue weighted by molar-refractivity contribution is 0.628. The van der Waals surface area contributed by atoms with E-state index in [2.05, 4.69) is 10.6 Å². The molecule has 2 N–H and O–H groups in total. The fraction of sp³-hybridized carbons (Fsp3) is 0.167. The summed E-state index contributed by atoms with van der Waals surface area (Å²) in [6.45, 7) is 0. The molecule has 16 heavy (non-hydrogen) atoms. The van der Waals surface area contributed by atoms with Crippen molar-refractivity contribution in [2.75, 3.05) is 17.7 Å². The maximum Gasteiger partial charge on any atom is 0.125 e. The first kappa shape index (κ1) is 11.0. The molecule has 0 bridgehead atoms. The molecule has 0 fully saturated rings. The molecule has 2 nitrogen and oxygen atoms in total. The Balaban J connectivity index is 2.21. The molecule has 1 unspecified atom stereocenters. The standard InChI is InChI=1S/C12H12ClFN2/c1-15-12-7-9(14)3-5-11(12)16-10-4-2-8(13)6-10/h2-8,15-16H,1H3. The van der Waals surface area contributed by atoms with E-state index in [0.29, 0.717) is 5.69 Å². The van der Waals surface area contributed by atoms with Gasteiger partial charge in [0.05, 0.1) is 16.8 Å². The minimum absolute atomic E-state index is 0.0685. The number of alkyl halides is 1. The highest BCUT2D eigenvalue weighted by atomic mass is 35.5. The third-order valence-electron chi connectivity index (χ3n) is 2.33. The van der Waals surface area contributed by atoms with Crippen molar-refractivity contribution in [3.05, 3.63) is 47.9 Å². The third-order valence-corrected chi connectivity index (χ3v) is 2.60. The Morgan fingerprint density at radius 2 is 2.12 bits per heavy atom. The normalized spacial score (nSPS) is 18.4. The molecular weight excluding hydrogens is 227 g/mol. The van der Waals surface area contributed by atoms with Gasteiger partial charge in [-0.1, -0.05) is 6.08 Å². The fourth-order valence-corrected chi connectivity index (χ4v) is 1.76. The molecule has 0 spiro atoms. The summed E-state index contributed by atoms with van der Waals surface area (Å²) in [7, 11) is 1.75. The summed E-state index contributed by atoms with van der Waals surface area (Å²) in [6.07, 6.45) is 5.68. The molecule has 84 valence electrons. The lowest BCUT2D eigenvalue weighted by Crippen LogP contribution is -2.00. The first-order valence-electron chi connectivity index (χ1n) is 4.97. The lowest BCUT2D eigenvalue weighted by Gasteiger charge is -2.11. The molecule has 0 aromatic heterocycles. The van der Waals surface area contributed by atoms with E-state index >= 15 is 0 Å². The van der Waals surface area contributed by atoms with Gasteiger partial charge in [0.25, 0.3) is 0 Å². The van der Waals surface area contributed by atoms with Crippen LogP contribution in [0.1, 0.15) is 0 Å². The predicted octanol–water partition coefficient (Wildman–Crippen LogP) is 3.34. The van der Waals surface area contributed by atoms with E-state index in [1.54, 1.807) is 13.1 Å². The maximum atomic E-state index is 13.0. The highest BCUT2D eigenvalue weighted by Crippen LogP contribution is 2.25. The number of hydrogen-bond donors (Lipinski definition) is 2. The third kappa shape index (κ3) is 2.36. The maximum absolute atomic E-state index is 13.0. The van der Waals surface area contributed by atoms with E-state index in [0.717, 1.165) is 11.4 Å². The van der Waals surface area contributed by atoms with Crippen LogP contribution >= 0.6 is 11.6 Å². The molecule has 0 saturated carbocycles. The number of nitrogens with one attached hydrogen (secondary N) is 2. The van der Waals surface area contributed by atoms with Gasteiger partial charge in [-0.2, -0.15) is 0 Å². The number of rotatable bonds is 3. The predicted molar refractivity (Wildman–Crippen MR) is 66.4 cm³/mol. The van der Waals surface area contributed by atoms with Crippen LogP contribution in [-0.4, -0.2) is 12.4 Å². The SMILES string of the molecule is CNc1cc(F)ccc1NC1=CC(Cl)C=C1. The molecule has 0 saturated heterocycles. The average molecular weight is 239 g/mol. The van der Waals surface area contributed by atoms with Crippen LogP contribution in [0.2, 0.25) is 0 Å². The van der Waals surface area contributed by atoms with Gasteiger partial charge in [0.15, 0.2) is 0 Å². The van der Waals surface area contributed by atoms with Crippen LogP contribution in [0.4, 0.5) is 15.8 Å². The van der Waals surface area contributed by atoms with E-state index in [1.807, 2.05) is 18.2 Å². The quantitative estimate of drug-likeness (QED) is 0.790. The Labute approximate surface area is 98.8 Å². The Kier molecular flexibility index (Phi) is 3.15. The van der Waals surface area contributed by atoms with Gasteiger partial charge in [0.2, 0.25) is 0 Å². The molecule has 1 atom stereocenters. The number of halogens is 2. The van der Waals surface area contributed by atoms with Gasteiger partial charge in [-0.15, -0.1) is 11.6 Å². The van der Waals surface area contributed by atoms with Gasteiger partial charge in [-0.25, -0.2) is 4.39 Å². The van der Waals surface area contributed by atoms with Crippen LogP contribution in [-0.2, 0) is 0 Å². The largest absolute Gasteiger partial charge is 0.386 e. The van der Waals surface area contributed by atoms with Crippen LogP contribution < -0.4 is 10.6 Å². The monoisotopic (exact) mass is 238 g/mol. The number of allylic oxidation sites excluding steroid dienone is 3. The van der Waals surface area contributed by atoms with Crippen molar-refractivity contribution >= 4 is 23.0 Å². The van der Waals surface area contributed by atoms with Gasteiger partial charge in [-0.3, -0.25) is 0 Å². The first-order valence-corrected chi connectivity index (χ1v) is 5.41. The summed E-state index contributed by atoms with van der Waals surface area (Å²) in [5, 5.41) is 6.04. The second kappa shape index (κ2) is 4.58. The smallest absolute Gasteiger partial charge is 0.125 e. The first-order chi connectivity index (χ1) is 7.69. The van der Waals surface area contributed by atoms with Crippen LogP contribution in [0.3, 0.4) is 0 Å². The van der Waals surface area contributed by atoms with E-state index < -0.39 is 0 Å². The topological polar surface area (TPSA) is 24.1 Å². The molecule has 2 rings (SSSR count). The number of anilines is 2. The van der Waals surface area contributed by atoms with E-state index in [-0.39, 0.29) is 11.2 Å². The van der Waals surface area contributed by atoms with E-state index in [1.165, 1.54) is 12.1 Å². The van der Waals surface area contributed by atoms with Crippen molar-refractivity contribution in [3.63, 3.8) is 0 Å². The average Bonchev–Trinajstić information content (AvgIpc) is 2.67. The zero-order valence-corrected chi connectivity index (χ0v) is 9.55. The minimum Gasteiger partial charge on any atom is -0.386 e. The van der Waals surface area contributed by atoms with Gasteiger partial charge in [-0.05, 0) is 30.4 Å². The van der Waals surface area contributed by atoms with Crippen molar-refractivity contribution in [2.45, 2.75) is 5.38 Å². The van der Waals surface area contributed by atoms with Crippen molar-refractivity contribution in [2.24, 2.45) is 0 Å². The number of hydrogen-bond acceptors (Lipinski definition) is 2. The molecule has 0 aliphatic heterocycles. The van der Waals surface area contributed by atoms with Crippen LogP contribution in [0.25, 0.3) is 0 Å². The van der Waals surface area contributed by atoms with Crippen molar-refractivity contribution in [1.82, 2.24) is 0 Å². The zero-order chi connectivity index (χ0) is 11.5. The Morgan fingerprint density at radius 1 is 1.31 bits per heavy atom. The van der Waals surface area contributed by atoms with Gasteiger partial charge in [0.1, 0.15) is 5.82 Å². The van der Waals surface area contributed by atoms with Crippen molar-refractivity contribution in [1.29, 1.82) is 0 Å². The minimum atomic E-state index is -0.263. The lowest BCUT2D eigenvalue weighted by atomic mass is 10.2. The molecule has 0 radical (unpaired) electrons. The van der Waals surface area contributed by atoms with Crippen molar-refractivity contribution < 1.29 is 4.39 Å². The van der Waals surface area contributed by atoms with Crippen LogP contribution in [0.15, 0.2) is 42.1 Å². The van der Waals surface area contributed by atoms with Gasteiger partial charge >= 0.3 is 0 Å². The van der Waals surface area contributed by atoms with E-state index in [9.17, 15) is 4.39 Å². The summed E-state index contributed by atoms with van der Waals surface area (Å²) in [5.41, 5.74) is 2.46. The Bertz CT molecular complexity index is 454. The highest BCUT2D eigenvalue weighted by molar-refractivity contribution is 6.23. The van der Waals surface area contributed by atoms with Crippen LogP contribution in [0, 0.1) is 5.82 Å². The second-order valence-electron chi connectivity index (χ2n) is 3.49. The summed E-state index contributed by atoms with van der Waals surface area (Å²) < 4.78 is 13.0. The second-order valence-corrected chi connectivity index (χ2v) is 3.99. The fourth-order valence-electron chi connectivity index (χ4n) is 1.55. The molecule has 4 heteroatoms. The van der Waals surface area contributed by atoms with Gasteiger partial charge in [0, 0.05) is 12.7 Å². The van der Waals surface area contributed by atoms with Gasteiger partial charge < -0.3 is 10.6 Å². The molecule has 0 heterocycles.